The van der Waals surface area contributed by atoms with Gasteiger partial charge in [0, 0.05) is 25.2 Å². The Bertz CT molecular complexity index is 350. The Morgan fingerprint density at radius 2 is 1.95 bits per heavy atom. The zero-order valence-electron chi connectivity index (χ0n) is 12.4. The number of nitrogens with one attached hydrogen (secondary N) is 1. The van der Waals surface area contributed by atoms with Crippen LogP contribution in [-0.4, -0.2) is 36.6 Å². The van der Waals surface area contributed by atoms with Crippen LogP contribution in [0.2, 0.25) is 0 Å². The summed E-state index contributed by atoms with van der Waals surface area (Å²) < 4.78 is 0. The minimum Gasteiger partial charge on any atom is -0.311 e. The Hall–Kier alpha value is -0.860. The summed E-state index contributed by atoms with van der Waals surface area (Å²) >= 11 is 0. The Balaban J connectivity index is 1.90. The van der Waals surface area contributed by atoms with Crippen LogP contribution in [0, 0.1) is 0 Å². The van der Waals surface area contributed by atoms with Crippen molar-refractivity contribution in [3.63, 3.8) is 0 Å². The van der Waals surface area contributed by atoms with E-state index in [1.165, 1.54) is 37.9 Å². The third-order valence-electron chi connectivity index (χ3n) is 4.07. The van der Waals surface area contributed by atoms with Crippen LogP contribution in [0.15, 0.2) is 30.3 Å². The van der Waals surface area contributed by atoms with Gasteiger partial charge in [0.05, 0.1) is 0 Å². The number of piperazine rings is 1. The molecule has 2 heteroatoms. The second-order valence-corrected chi connectivity index (χ2v) is 5.73. The zero-order chi connectivity index (χ0) is 13.5. The van der Waals surface area contributed by atoms with E-state index in [0.29, 0.717) is 6.04 Å². The summed E-state index contributed by atoms with van der Waals surface area (Å²) in [5.41, 5.74) is 1.45. The maximum absolute atomic E-state index is 3.75. The second-order valence-electron chi connectivity index (χ2n) is 5.73. The minimum atomic E-state index is 0.613. The Morgan fingerprint density at radius 3 is 2.63 bits per heavy atom. The molecule has 106 valence electrons. The van der Waals surface area contributed by atoms with Gasteiger partial charge in [-0.15, -0.1) is 0 Å². The molecule has 0 bridgehead atoms. The van der Waals surface area contributed by atoms with Crippen LogP contribution in [0.1, 0.15) is 38.7 Å². The second kappa shape index (κ2) is 7.66. The van der Waals surface area contributed by atoms with Crippen LogP contribution >= 0.6 is 0 Å². The molecule has 19 heavy (non-hydrogen) atoms. The average Bonchev–Trinajstić information content (AvgIpc) is 2.43. The fraction of sp³-hybridized carbons (Fsp3) is 0.647. The summed E-state index contributed by atoms with van der Waals surface area (Å²) in [5, 5.41) is 3.75. The predicted octanol–water partition coefficient (Wildman–Crippen LogP) is 3.08. The average molecular weight is 260 g/mol. The van der Waals surface area contributed by atoms with E-state index >= 15 is 0 Å². The molecule has 0 spiro atoms. The summed E-state index contributed by atoms with van der Waals surface area (Å²) in [4.78, 5) is 2.70. The van der Waals surface area contributed by atoms with Crippen molar-refractivity contribution >= 4 is 0 Å². The molecule has 0 aromatic heterocycles. The lowest BCUT2D eigenvalue weighted by Gasteiger charge is -2.40. The summed E-state index contributed by atoms with van der Waals surface area (Å²) in [5.74, 6) is 0. The molecule has 0 saturated carbocycles. The van der Waals surface area contributed by atoms with E-state index in [9.17, 15) is 0 Å². The first-order chi connectivity index (χ1) is 9.33. The topological polar surface area (TPSA) is 15.3 Å². The van der Waals surface area contributed by atoms with Crippen LogP contribution in [0.5, 0.6) is 0 Å². The molecule has 1 aliphatic rings. The SMILES string of the molecule is CCCC1CNC(Cc2ccccc2)CN1CCC. The lowest BCUT2D eigenvalue weighted by atomic mass is 9.99. The minimum absolute atomic E-state index is 0.613. The fourth-order valence-corrected chi connectivity index (χ4v) is 3.14. The first-order valence-electron chi connectivity index (χ1n) is 7.84. The lowest BCUT2D eigenvalue weighted by molar-refractivity contribution is 0.122. The summed E-state index contributed by atoms with van der Waals surface area (Å²) in [7, 11) is 0. The molecule has 1 aliphatic heterocycles. The van der Waals surface area contributed by atoms with Gasteiger partial charge in [0.25, 0.3) is 0 Å². The van der Waals surface area contributed by atoms with Crippen molar-refractivity contribution in [2.45, 2.75) is 51.6 Å². The monoisotopic (exact) mass is 260 g/mol. The van der Waals surface area contributed by atoms with Gasteiger partial charge in [-0.05, 0) is 31.4 Å². The van der Waals surface area contributed by atoms with Crippen molar-refractivity contribution in [1.29, 1.82) is 0 Å². The molecular formula is C17H28N2. The van der Waals surface area contributed by atoms with Crippen molar-refractivity contribution in [3.05, 3.63) is 35.9 Å². The molecular weight excluding hydrogens is 232 g/mol. The first-order valence-corrected chi connectivity index (χ1v) is 7.84. The largest absolute Gasteiger partial charge is 0.311 e. The van der Waals surface area contributed by atoms with Gasteiger partial charge in [-0.1, -0.05) is 50.6 Å². The predicted molar refractivity (Wildman–Crippen MR) is 82.5 cm³/mol. The van der Waals surface area contributed by atoms with E-state index < -0.39 is 0 Å². The summed E-state index contributed by atoms with van der Waals surface area (Å²) in [6, 6.07) is 12.2. The molecule has 2 nitrogen and oxygen atoms in total. The molecule has 0 radical (unpaired) electrons. The van der Waals surface area contributed by atoms with Gasteiger partial charge in [-0.25, -0.2) is 0 Å². The first kappa shape index (κ1) is 14.5. The third-order valence-corrected chi connectivity index (χ3v) is 4.07. The van der Waals surface area contributed by atoms with Crippen LogP contribution in [0.25, 0.3) is 0 Å². The van der Waals surface area contributed by atoms with Crippen LogP contribution in [-0.2, 0) is 6.42 Å². The van der Waals surface area contributed by atoms with Crippen molar-refractivity contribution in [3.8, 4) is 0 Å². The third kappa shape index (κ3) is 4.32. The molecule has 1 aromatic rings. The maximum atomic E-state index is 3.75. The Morgan fingerprint density at radius 1 is 1.16 bits per heavy atom. The fourth-order valence-electron chi connectivity index (χ4n) is 3.14. The maximum Gasteiger partial charge on any atom is 0.0236 e. The van der Waals surface area contributed by atoms with Crippen molar-refractivity contribution in [1.82, 2.24) is 10.2 Å². The van der Waals surface area contributed by atoms with Crippen LogP contribution in [0.3, 0.4) is 0 Å². The zero-order valence-corrected chi connectivity index (χ0v) is 12.4. The quantitative estimate of drug-likeness (QED) is 0.845. The van der Waals surface area contributed by atoms with Gasteiger partial charge < -0.3 is 5.32 Å². The van der Waals surface area contributed by atoms with Crippen molar-refractivity contribution in [2.24, 2.45) is 0 Å². The number of nitrogens with zero attached hydrogens (tertiary/aromatic N) is 1. The molecule has 2 atom stereocenters. The lowest BCUT2D eigenvalue weighted by Crippen LogP contribution is -2.57. The molecule has 0 aliphatic carbocycles. The van der Waals surface area contributed by atoms with Gasteiger partial charge in [0.15, 0.2) is 0 Å². The standard InChI is InChI=1S/C17H28N2/c1-3-8-17-13-18-16(14-19(17)11-4-2)12-15-9-6-5-7-10-15/h5-7,9-10,16-18H,3-4,8,11-14H2,1-2H3. The molecule has 2 rings (SSSR count). The van der Waals surface area contributed by atoms with Gasteiger partial charge in [0.1, 0.15) is 0 Å². The number of benzene rings is 1. The Labute approximate surface area is 118 Å². The number of rotatable bonds is 6. The van der Waals surface area contributed by atoms with E-state index in [1.54, 1.807) is 0 Å². The van der Waals surface area contributed by atoms with Crippen LogP contribution < -0.4 is 5.32 Å². The highest BCUT2D eigenvalue weighted by Crippen LogP contribution is 2.15. The number of hydrogen-bond acceptors (Lipinski definition) is 2. The smallest absolute Gasteiger partial charge is 0.0236 e. The van der Waals surface area contributed by atoms with E-state index in [0.717, 1.165) is 19.0 Å². The number of hydrogen-bond donors (Lipinski definition) is 1. The van der Waals surface area contributed by atoms with Gasteiger partial charge in [0.2, 0.25) is 0 Å². The van der Waals surface area contributed by atoms with Gasteiger partial charge in [-0.3, -0.25) is 4.90 Å². The highest BCUT2D eigenvalue weighted by molar-refractivity contribution is 5.16. The van der Waals surface area contributed by atoms with E-state index in [1.807, 2.05) is 0 Å². The summed E-state index contributed by atoms with van der Waals surface area (Å²) in [6.45, 7) is 8.19. The van der Waals surface area contributed by atoms with Crippen molar-refractivity contribution < 1.29 is 0 Å². The van der Waals surface area contributed by atoms with Crippen molar-refractivity contribution in [2.75, 3.05) is 19.6 Å². The van der Waals surface area contributed by atoms with E-state index in [-0.39, 0.29) is 0 Å². The van der Waals surface area contributed by atoms with E-state index in [2.05, 4.69) is 54.4 Å². The molecule has 2 unspecified atom stereocenters. The summed E-state index contributed by atoms with van der Waals surface area (Å²) in [6.07, 6.45) is 5.03. The normalized spacial score (nSPS) is 24.5. The molecule has 0 amide bonds. The van der Waals surface area contributed by atoms with Crippen LogP contribution in [0.4, 0.5) is 0 Å². The van der Waals surface area contributed by atoms with Gasteiger partial charge >= 0.3 is 0 Å². The molecule has 1 aromatic carbocycles. The molecule has 1 N–H and O–H groups in total. The molecule has 1 saturated heterocycles. The highest BCUT2D eigenvalue weighted by atomic mass is 15.2. The highest BCUT2D eigenvalue weighted by Gasteiger charge is 2.26. The van der Waals surface area contributed by atoms with Gasteiger partial charge in [-0.2, -0.15) is 0 Å². The molecule has 1 fully saturated rings. The Kier molecular flexibility index (Phi) is 5.87. The van der Waals surface area contributed by atoms with E-state index in [4.69, 9.17) is 0 Å². The molecule has 1 heterocycles.